The van der Waals surface area contributed by atoms with Crippen molar-refractivity contribution in [1.29, 1.82) is 0 Å². The number of halogens is 1. The van der Waals surface area contributed by atoms with Crippen molar-refractivity contribution in [2.75, 3.05) is 0 Å². The number of aryl methyl sites for hydroxylation is 2. The minimum absolute atomic E-state index is 0.0719. The molecule has 1 saturated carbocycles. The van der Waals surface area contributed by atoms with Crippen molar-refractivity contribution in [2.24, 2.45) is 5.41 Å². The Kier molecular flexibility index (Phi) is 25.1. The summed E-state index contributed by atoms with van der Waals surface area (Å²) in [5.74, 6) is -0.0989. The highest BCUT2D eigenvalue weighted by Crippen LogP contribution is 2.55. The Hall–Kier alpha value is -3.89. The molecule has 1 aliphatic carbocycles. The lowest BCUT2D eigenvalue weighted by Gasteiger charge is -2.13. The quantitative estimate of drug-likeness (QED) is 0.164. The van der Waals surface area contributed by atoms with Crippen molar-refractivity contribution >= 4 is 16.7 Å². The molecule has 1 atom stereocenters. The van der Waals surface area contributed by atoms with Gasteiger partial charge in [0.2, 0.25) is 0 Å². The zero-order chi connectivity index (χ0) is 38.2. The molecule has 0 radical (unpaired) electrons. The normalized spacial score (nSPS) is 11.9. The Bertz CT molecular complexity index is 1460. The van der Waals surface area contributed by atoms with Crippen LogP contribution in [0.4, 0.5) is 4.39 Å². The number of hydrogen-bond donors (Lipinski definition) is 1. The fourth-order valence-corrected chi connectivity index (χ4v) is 4.38. The molecule has 1 aliphatic rings. The van der Waals surface area contributed by atoms with Gasteiger partial charge in [0.25, 0.3) is 0 Å². The molecular formula is C45H66FNO2. The zero-order valence-electron chi connectivity index (χ0n) is 33.0. The highest BCUT2D eigenvalue weighted by Gasteiger charge is 2.43. The first-order chi connectivity index (χ1) is 23.3. The van der Waals surface area contributed by atoms with E-state index in [9.17, 15) is 9.18 Å². The van der Waals surface area contributed by atoms with E-state index in [1.807, 2.05) is 79.8 Å². The number of allylic oxidation sites excluding steroid dienone is 2. The van der Waals surface area contributed by atoms with E-state index in [1.165, 1.54) is 52.8 Å². The summed E-state index contributed by atoms with van der Waals surface area (Å²) < 4.78 is 12.1. The molecule has 0 aliphatic heterocycles. The number of hydrogen-bond acceptors (Lipinski definition) is 3. The summed E-state index contributed by atoms with van der Waals surface area (Å²) in [6, 6.07) is 22.8. The smallest absolute Gasteiger partial charge is 0.159 e. The van der Waals surface area contributed by atoms with E-state index < -0.39 is 0 Å². The van der Waals surface area contributed by atoms with Crippen LogP contribution in [0.3, 0.4) is 0 Å². The molecule has 0 bridgehead atoms. The minimum atomic E-state index is -0.171. The Morgan fingerprint density at radius 2 is 1.27 bits per heavy atom. The number of benzene rings is 3. The minimum Gasteiger partial charge on any atom is -0.393 e. The van der Waals surface area contributed by atoms with Gasteiger partial charge in [0.05, 0.1) is 11.6 Å². The number of aliphatic hydroxyl groups excluding tert-OH is 1. The van der Waals surface area contributed by atoms with E-state index in [2.05, 4.69) is 69.2 Å². The predicted molar refractivity (Wildman–Crippen MR) is 214 cm³/mol. The molecule has 1 heterocycles. The summed E-state index contributed by atoms with van der Waals surface area (Å²) >= 11 is 0. The maximum Gasteiger partial charge on any atom is 0.159 e. The van der Waals surface area contributed by atoms with Crippen LogP contribution >= 0.6 is 0 Å². The third kappa shape index (κ3) is 17.9. The lowest BCUT2D eigenvalue weighted by molar-refractivity contribution is 0.101. The number of nitrogens with zero attached hydrogens (tertiary/aromatic N) is 1. The SMILES string of the molecule is C=C(C)C1(C(=C)C)CC1.CC.CC.CC.CC(=O)c1ccc2c(Cc3ccc(C)cc3)ccnc2c1.CC[C@@H](C)O.Cc1ccc(F)cc1. The number of ketones is 1. The van der Waals surface area contributed by atoms with E-state index >= 15 is 0 Å². The molecule has 5 rings (SSSR count). The average Bonchev–Trinajstić information content (AvgIpc) is 3.94. The van der Waals surface area contributed by atoms with E-state index in [-0.39, 0.29) is 17.7 Å². The summed E-state index contributed by atoms with van der Waals surface area (Å²) in [6.07, 6.45) is 5.99. The highest BCUT2D eigenvalue weighted by atomic mass is 19.1. The van der Waals surface area contributed by atoms with Gasteiger partial charge >= 0.3 is 0 Å². The number of fused-ring (bicyclic) bond motifs is 1. The first-order valence-corrected chi connectivity index (χ1v) is 17.9. The Morgan fingerprint density at radius 3 is 1.61 bits per heavy atom. The molecule has 0 unspecified atom stereocenters. The topological polar surface area (TPSA) is 50.2 Å². The fraction of sp³-hybridized carbons (Fsp3) is 0.422. The van der Waals surface area contributed by atoms with E-state index in [1.54, 1.807) is 26.0 Å². The van der Waals surface area contributed by atoms with Crippen LogP contribution in [0.2, 0.25) is 0 Å². The fourth-order valence-electron chi connectivity index (χ4n) is 4.38. The Morgan fingerprint density at radius 1 is 0.816 bits per heavy atom. The van der Waals surface area contributed by atoms with E-state index in [0.717, 1.165) is 29.3 Å². The van der Waals surface area contributed by atoms with Crippen LogP contribution in [-0.4, -0.2) is 22.0 Å². The van der Waals surface area contributed by atoms with Crippen LogP contribution < -0.4 is 0 Å². The molecule has 1 N–H and O–H groups in total. The highest BCUT2D eigenvalue weighted by molar-refractivity contribution is 5.98. The Labute approximate surface area is 299 Å². The first kappa shape index (κ1) is 47.2. The number of rotatable bonds is 6. The number of aliphatic hydroxyl groups is 1. The number of carbonyl (C=O) groups is 1. The maximum absolute atomic E-state index is 12.1. The summed E-state index contributed by atoms with van der Waals surface area (Å²) in [5.41, 5.74) is 9.40. The third-order valence-electron chi connectivity index (χ3n) is 7.74. The van der Waals surface area contributed by atoms with Gasteiger partial charge in [0.1, 0.15) is 5.82 Å². The van der Waals surface area contributed by atoms with E-state index in [4.69, 9.17) is 5.11 Å². The molecule has 1 fully saturated rings. The summed E-state index contributed by atoms with van der Waals surface area (Å²) in [4.78, 5) is 15.9. The number of aromatic nitrogens is 1. The lowest BCUT2D eigenvalue weighted by atomic mass is 9.92. The van der Waals surface area contributed by atoms with Crippen molar-refractivity contribution in [3.05, 3.63) is 137 Å². The van der Waals surface area contributed by atoms with Crippen LogP contribution in [0.5, 0.6) is 0 Å². The average molecular weight is 672 g/mol. The monoisotopic (exact) mass is 672 g/mol. The first-order valence-electron chi connectivity index (χ1n) is 17.9. The second-order valence-electron chi connectivity index (χ2n) is 11.6. The van der Waals surface area contributed by atoms with Gasteiger partial charge in [0, 0.05) is 22.6 Å². The molecule has 0 amide bonds. The molecular weight excluding hydrogens is 605 g/mol. The molecule has 4 heteroatoms. The van der Waals surface area contributed by atoms with Gasteiger partial charge in [0.15, 0.2) is 5.78 Å². The van der Waals surface area contributed by atoms with Gasteiger partial charge in [-0.1, -0.05) is 132 Å². The van der Waals surface area contributed by atoms with Crippen LogP contribution in [0.25, 0.3) is 10.9 Å². The van der Waals surface area contributed by atoms with Crippen molar-refractivity contribution in [3.8, 4) is 0 Å². The van der Waals surface area contributed by atoms with Crippen molar-refractivity contribution in [2.45, 2.75) is 122 Å². The predicted octanol–water partition coefficient (Wildman–Crippen LogP) is 13.2. The zero-order valence-corrected chi connectivity index (χ0v) is 33.0. The van der Waals surface area contributed by atoms with Gasteiger partial charge < -0.3 is 5.11 Å². The maximum atomic E-state index is 12.1. The molecule has 270 valence electrons. The van der Waals surface area contributed by atoms with Gasteiger partial charge in [-0.25, -0.2) is 4.39 Å². The second-order valence-corrected chi connectivity index (χ2v) is 11.6. The van der Waals surface area contributed by atoms with Crippen LogP contribution in [-0.2, 0) is 6.42 Å². The largest absolute Gasteiger partial charge is 0.393 e. The summed E-state index contributed by atoms with van der Waals surface area (Å²) in [5, 5.41) is 9.48. The molecule has 3 nitrogen and oxygen atoms in total. The number of pyridine rings is 1. The van der Waals surface area contributed by atoms with E-state index in [0.29, 0.717) is 11.0 Å². The Balaban J connectivity index is 0. The number of carbonyl (C=O) groups excluding carboxylic acids is 1. The van der Waals surface area contributed by atoms with Gasteiger partial charge in [-0.2, -0.15) is 0 Å². The van der Waals surface area contributed by atoms with Crippen molar-refractivity contribution in [3.63, 3.8) is 0 Å². The third-order valence-corrected chi connectivity index (χ3v) is 7.74. The lowest BCUT2D eigenvalue weighted by Crippen LogP contribution is -2.00. The van der Waals surface area contributed by atoms with Crippen molar-refractivity contribution in [1.82, 2.24) is 4.98 Å². The van der Waals surface area contributed by atoms with Gasteiger partial charge in [-0.3, -0.25) is 9.78 Å². The summed E-state index contributed by atoms with van der Waals surface area (Å²) in [6.45, 7) is 33.4. The van der Waals surface area contributed by atoms with Crippen molar-refractivity contribution < 1.29 is 14.3 Å². The van der Waals surface area contributed by atoms with Gasteiger partial charge in [-0.15, -0.1) is 0 Å². The molecule has 0 saturated heterocycles. The second kappa shape index (κ2) is 26.0. The molecule has 3 aromatic carbocycles. The van der Waals surface area contributed by atoms with Crippen LogP contribution in [0.1, 0.15) is 128 Å². The van der Waals surface area contributed by atoms with Crippen LogP contribution in [0.15, 0.2) is 103 Å². The molecule has 1 aromatic heterocycles. The van der Waals surface area contributed by atoms with Gasteiger partial charge in [-0.05, 0) is 103 Å². The molecule has 0 spiro atoms. The summed E-state index contributed by atoms with van der Waals surface area (Å²) in [7, 11) is 0. The molecule has 4 aromatic rings. The van der Waals surface area contributed by atoms with Crippen LogP contribution in [0, 0.1) is 25.1 Å². The number of Topliss-reactive ketones (excluding diaryl/α,β-unsaturated/α-hetero) is 1. The molecule has 49 heavy (non-hydrogen) atoms. The standard InChI is InChI=1S/C19H17NO.C9H14.C7H7F.C4H10O.3C2H6/c1-13-3-5-15(6-4-13)11-17-9-10-20-19-12-16(14(2)21)7-8-18(17)19;1-7(2)9(5-6-9)8(3)4;1-6-2-4-7(8)5-3-6;1-3-4(2)5;3*1-2/h3-10,12H,11H2,1-2H3;1,3,5-6H2,2,4H3;2-5H,1H3;4-5H,3H2,1-2H3;3*1-2H3/t;;;4-;;;/m...1.../s1.